The van der Waals surface area contributed by atoms with E-state index in [-0.39, 0.29) is 24.1 Å². The van der Waals surface area contributed by atoms with Gasteiger partial charge in [-0.25, -0.2) is 4.98 Å². The van der Waals surface area contributed by atoms with Crippen LogP contribution in [0.15, 0.2) is 22.6 Å². The van der Waals surface area contributed by atoms with Gasteiger partial charge in [-0.1, -0.05) is 13.8 Å². The lowest BCUT2D eigenvalue weighted by molar-refractivity contribution is -0.150. The molecular formula is C17H20N2O4. The number of pyridine rings is 1. The van der Waals surface area contributed by atoms with E-state index in [1.54, 1.807) is 17.0 Å². The van der Waals surface area contributed by atoms with E-state index in [9.17, 15) is 14.7 Å². The van der Waals surface area contributed by atoms with E-state index in [0.29, 0.717) is 24.1 Å². The molecule has 1 unspecified atom stereocenters. The third-order valence-corrected chi connectivity index (χ3v) is 4.84. The molecule has 1 N–H and O–H groups in total. The van der Waals surface area contributed by atoms with Crippen molar-refractivity contribution in [3.8, 4) is 0 Å². The minimum atomic E-state index is -0.878. The highest BCUT2D eigenvalue weighted by molar-refractivity contribution is 5.96. The van der Waals surface area contributed by atoms with Crippen molar-refractivity contribution in [3.63, 3.8) is 0 Å². The van der Waals surface area contributed by atoms with E-state index in [1.165, 1.54) is 0 Å². The molecule has 0 spiro atoms. The van der Waals surface area contributed by atoms with Gasteiger partial charge in [0.25, 0.3) is 5.91 Å². The predicted molar refractivity (Wildman–Crippen MR) is 84.2 cm³/mol. The second kappa shape index (κ2) is 5.37. The number of carboxylic acids is 1. The first kappa shape index (κ1) is 15.5. The maximum absolute atomic E-state index is 12.6. The number of hydrogen-bond donors (Lipinski definition) is 1. The molecule has 1 amide bonds. The highest BCUT2D eigenvalue weighted by Gasteiger charge is 2.48. The lowest BCUT2D eigenvalue weighted by atomic mass is 9.76. The maximum atomic E-state index is 12.6. The molecule has 1 aliphatic rings. The molecule has 1 fully saturated rings. The fourth-order valence-corrected chi connectivity index (χ4v) is 3.19. The summed E-state index contributed by atoms with van der Waals surface area (Å²) in [5.74, 6) is -0.949. The van der Waals surface area contributed by atoms with Crippen molar-refractivity contribution in [2.75, 3.05) is 13.1 Å². The topological polar surface area (TPSA) is 83.6 Å². The Kier molecular flexibility index (Phi) is 3.62. The van der Waals surface area contributed by atoms with Gasteiger partial charge in [0, 0.05) is 24.8 Å². The number of carbonyl (C=O) groups is 2. The summed E-state index contributed by atoms with van der Waals surface area (Å²) in [5.41, 5.74) is 1.17. The van der Waals surface area contributed by atoms with E-state index >= 15 is 0 Å². The van der Waals surface area contributed by atoms with Crippen molar-refractivity contribution in [2.24, 2.45) is 11.3 Å². The standard InChI is InChI=1S/C17H20N2O4/c1-10(2)17(16(21)22)6-7-19(9-17)15(20)14-8-12-13(23-14)5-4-11(3)18-12/h4-5,8,10H,6-7,9H2,1-3H3,(H,21,22). The molecule has 1 saturated heterocycles. The van der Waals surface area contributed by atoms with Crippen LogP contribution in [0.1, 0.15) is 36.5 Å². The van der Waals surface area contributed by atoms with Crippen LogP contribution in [-0.2, 0) is 4.79 Å². The van der Waals surface area contributed by atoms with E-state index in [4.69, 9.17) is 4.42 Å². The SMILES string of the molecule is Cc1ccc2oc(C(=O)N3CCC(C(=O)O)(C(C)C)C3)cc2n1. The normalized spacial score (nSPS) is 21.3. The van der Waals surface area contributed by atoms with Crippen molar-refractivity contribution in [1.82, 2.24) is 9.88 Å². The average Bonchev–Trinajstić information content (AvgIpc) is 3.10. The van der Waals surface area contributed by atoms with Gasteiger partial charge in [0.05, 0.1) is 5.41 Å². The fourth-order valence-electron chi connectivity index (χ4n) is 3.19. The van der Waals surface area contributed by atoms with Crippen molar-refractivity contribution in [1.29, 1.82) is 0 Å². The van der Waals surface area contributed by atoms with Crippen molar-refractivity contribution >= 4 is 23.0 Å². The summed E-state index contributed by atoms with van der Waals surface area (Å²) in [4.78, 5) is 30.2. The monoisotopic (exact) mass is 316 g/mol. The number of hydrogen-bond acceptors (Lipinski definition) is 4. The molecule has 6 nitrogen and oxygen atoms in total. The first-order chi connectivity index (χ1) is 10.8. The number of rotatable bonds is 3. The highest BCUT2D eigenvalue weighted by atomic mass is 16.4. The van der Waals surface area contributed by atoms with Gasteiger partial charge in [-0.05, 0) is 31.4 Å². The van der Waals surface area contributed by atoms with Gasteiger partial charge in [0.1, 0.15) is 5.52 Å². The summed E-state index contributed by atoms with van der Waals surface area (Å²) in [6, 6.07) is 5.24. The number of fused-ring (bicyclic) bond motifs is 1. The molecule has 0 saturated carbocycles. The molecule has 0 radical (unpaired) electrons. The van der Waals surface area contributed by atoms with Gasteiger partial charge in [-0.2, -0.15) is 0 Å². The summed E-state index contributed by atoms with van der Waals surface area (Å²) in [6.45, 7) is 6.28. The first-order valence-electron chi connectivity index (χ1n) is 7.73. The number of nitrogens with zero attached hydrogens (tertiary/aromatic N) is 2. The van der Waals surface area contributed by atoms with Crippen LogP contribution >= 0.6 is 0 Å². The molecule has 0 aromatic carbocycles. The Morgan fingerprint density at radius 2 is 2.13 bits per heavy atom. The van der Waals surface area contributed by atoms with Crippen molar-refractivity contribution in [3.05, 3.63) is 29.7 Å². The number of aromatic nitrogens is 1. The van der Waals surface area contributed by atoms with Gasteiger partial charge >= 0.3 is 5.97 Å². The smallest absolute Gasteiger partial charge is 0.311 e. The van der Waals surface area contributed by atoms with Crippen LogP contribution in [0.3, 0.4) is 0 Å². The molecule has 0 aliphatic carbocycles. The third kappa shape index (κ3) is 2.48. The zero-order chi connectivity index (χ0) is 16.8. The fraction of sp³-hybridized carbons (Fsp3) is 0.471. The molecule has 2 aromatic heterocycles. The lowest BCUT2D eigenvalue weighted by Crippen LogP contribution is -2.40. The summed E-state index contributed by atoms with van der Waals surface area (Å²) >= 11 is 0. The van der Waals surface area contributed by atoms with Crippen LogP contribution in [0, 0.1) is 18.3 Å². The Bertz CT molecular complexity index is 780. The zero-order valence-corrected chi connectivity index (χ0v) is 13.5. The molecule has 3 heterocycles. The molecule has 122 valence electrons. The van der Waals surface area contributed by atoms with E-state index in [1.807, 2.05) is 26.8 Å². The van der Waals surface area contributed by atoms with Crippen LogP contribution in [0.4, 0.5) is 0 Å². The van der Waals surface area contributed by atoms with E-state index in [2.05, 4.69) is 4.98 Å². The number of furan rings is 1. The summed E-state index contributed by atoms with van der Waals surface area (Å²) < 4.78 is 5.59. The van der Waals surface area contributed by atoms with Crippen LogP contribution < -0.4 is 0 Å². The molecule has 2 aromatic rings. The number of likely N-dealkylation sites (tertiary alicyclic amines) is 1. The Morgan fingerprint density at radius 1 is 1.39 bits per heavy atom. The van der Waals surface area contributed by atoms with Gasteiger partial charge in [0.15, 0.2) is 11.3 Å². The molecule has 0 bridgehead atoms. The van der Waals surface area contributed by atoms with Gasteiger partial charge in [0.2, 0.25) is 0 Å². The Hall–Kier alpha value is -2.37. The lowest BCUT2D eigenvalue weighted by Gasteiger charge is -2.28. The molecule has 3 rings (SSSR count). The van der Waals surface area contributed by atoms with Gasteiger partial charge in [-0.15, -0.1) is 0 Å². The maximum Gasteiger partial charge on any atom is 0.311 e. The number of amides is 1. The molecule has 23 heavy (non-hydrogen) atoms. The molecule has 6 heteroatoms. The van der Waals surface area contributed by atoms with Crippen LogP contribution in [0.25, 0.3) is 11.1 Å². The number of aryl methyl sites for hydroxylation is 1. The van der Waals surface area contributed by atoms with E-state index in [0.717, 1.165) is 5.69 Å². The first-order valence-corrected chi connectivity index (χ1v) is 7.73. The van der Waals surface area contributed by atoms with Crippen molar-refractivity contribution < 1.29 is 19.1 Å². The Morgan fingerprint density at radius 3 is 2.74 bits per heavy atom. The van der Waals surface area contributed by atoms with Crippen LogP contribution in [-0.4, -0.2) is 40.0 Å². The average molecular weight is 316 g/mol. The zero-order valence-electron chi connectivity index (χ0n) is 13.5. The summed E-state index contributed by atoms with van der Waals surface area (Å²) in [7, 11) is 0. The van der Waals surface area contributed by atoms with E-state index < -0.39 is 11.4 Å². The van der Waals surface area contributed by atoms with Crippen molar-refractivity contribution in [2.45, 2.75) is 27.2 Å². The molecule has 1 aliphatic heterocycles. The second-order valence-corrected chi connectivity index (χ2v) is 6.54. The predicted octanol–water partition coefficient (Wildman–Crippen LogP) is 2.71. The minimum Gasteiger partial charge on any atom is -0.481 e. The summed E-state index contributed by atoms with van der Waals surface area (Å²) in [6.07, 6.45) is 0.462. The second-order valence-electron chi connectivity index (χ2n) is 6.54. The minimum absolute atomic E-state index is 0.0437. The Labute approximate surface area is 134 Å². The largest absolute Gasteiger partial charge is 0.481 e. The number of aliphatic carboxylic acids is 1. The van der Waals surface area contributed by atoms with Crippen LogP contribution in [0.5, 0.6) is 0 Å². The highest BCUT2D eigenvalue weighted by Crippen LogP contribution is 2.38. The summed E-state index contributed by atoms with van der Waals surface area (Å²) in [5, 5.41) is 9.58. The number of carbonyl (C=O) groups excluding carboxylic acids is 1. The van der Waals surface area contributed by atoms with Crippen LogP contribution in [0.2, 0.25) is 0 Å². The Balaban J connectivity index is 1.87. The van der Waals surface area contributed by atoms with Gasteiger partial charge in [-0.3, -0.25) is 9.59 Å². The van der Waals surface area contributed by atoms with Gasteiger partial charge < -0.3 is 14.4 Å². The molecular weight excluding hydrogens is 296 g/mol. The molecule has 1 atom stereocenters. The quantitative estimate of drug-likeness (QED) is 0.941. The number of carboxylic acid groups (broad SMARTS) is 1. The third-order valence-electron chi connectivity index (χ3n) is 4.84.